The molecule has 0 unspecified atom stereocenters. The van der Waals surface area contributed by atoms with Gasteiger partial charge in [0, 0.05) is 31.4 Å². The van der Waals surface area contributed by atoms with Crippen molar-refractivity contribution in [1.29, 1.82) is 0 Å². The van der Waals surface area contributed by atoms with Gasteiger partial charge in [0.05, 0.1) is 5.52 Å². The average molecular weight is 326 g/mol. The lowest BCUT2D eigenvalue weighted by molar-refractivity contribution is -0.120. The van der Waals surface area contributed by atoms with E-state index >= 15 is 0 Å². The largest absolute Gasteiger partial charge is 0.355 e. The molecule has 0 aliphatic heterocycles. The summed E-state index contributed by atoms with van der Waals surface area (Å²) in [5, 5.41) is 16.0. The maximum Gasteiger partial charge on any atom is 0.272 e. The molecule has 1 heterocycles. The standard InChI is InChI=1S/C14H19N5O2.ClH/c1-15-8-9-16-12(20)6-7-17-14(21)13-10-4-2-3-5-11(10)18-19-13;/h2-5,15H,6-9H2,1H3,(H,16,20)(H,17,21)(H,18,19);1H. The normalized spacial score (nSPS) is 10.0. The molecule has 0 saturated carbocycles. The smallest absolute Gasteiger partial charge is 0.272 e. The van der Waals surface area contributed by atoms with Crippen LogP contribution in [0.2, 0.25) is 0 Å². The molecule has 4 N–H and O–H groups in total. The van der Waals surface area contributed by atoms with Gasteiger partial charge in [0.1, 0.15) is 0 Å². The number of amides is 2. The van der Waals surface area contributed by atoms with Gasteiger partial charge in [-0.1, -0.05) is 18.2 Å². The summed E-state index contributed by atoms with van der Waals surface area (Å²) < 4.78 is 0. The van der Waals surface area contributed by atoms with Gasteiger partial charge >= 0.3 is 0 Å². The molecule has 0 aliphatic rings. The van der Waals surface area contributed by atoms with Crippen LogP contribution in [0.1, 0.15) is 16.9 Å². The van der Waals surface area contributed by atoms with Crippen molar-refractivity contribution in [2.75, 3.05) is 26.7 Å². The van der Waals surface area contributed by atoms with E-state index in [-0.39, 0.29) is 37.2 Å². The highest BCUT2D eigenvalue weighted by molar-refractivity contribution is 6.04. The Morgan fingerprint density at radius 3 is 2.68 bits per heavy atom. The van der Waals surface area contributed by atoms with Crippen molar-refractivity contribution in [1.82, 2.24) is 26.1 Å². The zero-order valence-corrected chi connectivity index (χ0v) is 13.1. The van der Waals surface area contributed by atoms with E-state index in [1.807, 2.05) is 31.3 Å². The van der Waals surface area contributed by atoms with E-state index in [0.29, 0.717) is 12.2 Å². The van der Waals surface area contributed by atoms with E-state index in [4.69, 9.17) is 0 Å². The molecule has 8 heteroatoms. The SMILES string of the molecule is CNCCNC(=O)CCNC(=O)c1n[nH]c2ccccc12.Cl. The van der Waals surface area contributed by atoms with Crippen LogP contribution in [-0.2, 0) is 4.79 Å². The number of hydrogen-bond donors (Lipinski definition) is 4. The zero-order valence-electron chi connectivity index (χ0n) is 12.3. The molecule has 120 valence electrons. The molecule has 2 amide bonds. The Hall–Kier alpha value is -2.12. The molecule has 2 aromatic rings. The highest BCUT2D eigenvalue weighted by Crippen LogP contribution is 2.14. The summed E-state index contributed by atoms with van der Waals surface area (Å²) >= 11 is 0. The zero-order chi connectivity index (χ0) is 15.1. The first-order valence-corrected chi connectivity index (χ1v) is 6.85. The van der Waals surface area contributed by atoms with E-state index < -0.39 is 0 Å². The Bertz CT molecular complexity index is 628. The molecule has 7 nitrogen and oxygen atoms in total. The number of aromatic amines is 1. The van der Waals surface area contributed by atoms with Crippen molar-refractivity contribution >= 4 is 35.1 Å². The Balaban J connectivity index is 0.00000242. The first kappa shape index (κ1) is 17.9. The van der Waals surface area contributed by atoms with Gasteiger partial charge in [-0.3, -0.25) is 14.7 Å². The summed E-state index contributed by atoms with van der Waals surface area (Å²) in [5.74, 6) is -0.368. The van der Waals surface area contributed by atoms with Gasteiger partial charge in [0.15, 0.2) is 5.69 Å². The van der Waals surface area contributed by atoms with Crippen LogP contribution in [0.15, 0.2) is 24.3 Å². The van der Waals surface area contributed by atoms with E-state index in [0.717, 1.165) is 17.4 Å². The molecule has 22 heavy (non-hydrogen) atoms. The van der Waals surface area contributed by atoms with Gasteiger partial charge in [-0.25, -0.2) is 0 Å². The van der Waals surface area contributed by atoms with Crippen molar-refractivity contribution in [2.24, 2.45) is 0 Å². The number of nitrogens with one attached hydrogen (secondary N) is 4. The van der Waals surface area contributed by atoms with Crippen LogP contribution in [0, 0.1) is 0 Å². The predicted molar refractivity (Wildman–Crippen MR) is 87.2 cm³/mol. The highest BCUT2D eigenvalue weighted by Gasteiger charge is 2.13. The summed E-state index contributed by atoms with van der Waals surface area (Å²) in [7, 11) is 1.82. The van der Waals surface area contributed by atoms with E-state index in [9.17, 15) is 9.59 Å². The molecule has 0 bridgehead atoms. The first-order chi connectivity index (χ1) is 10.2. The Kier molecular flexibility index (Phi) is 7.34. The topological polar surface area (TPSA) is 98.9 Å². The molecule has 0 spiro atoms. The Morgan fingerprint density at radius 2 is 1.91 bits per heavy atom. The summed E-state index contributed by atoms with van der Waals surface area (Å²) in [6.45, 7) is 1.58. The summed E-state index contributed by atoms with van der Waals surface area (Å²) in [6, 6.07) is 7.41. The van der Waals surface area contributed by atoms with Crippen molar-refractivity contribution in [3.05, 3.63) is 30.0 Å². The van der Waals surface area contributed by atoms with Crippen LogP contribution < -0.4 is 16.0 Å². The van der Waals surface area contributed by atoms with Crippen LogP contribution >= 0.6 is 12.4 Å². The number of hydrogen-bond acceptors (Lipinski definition) is 4. The third-order valence-corrected chi connectivity index (χ3v) is 3.02. The summed E-state index contributed by atoms with van der Waals surface area (Å²) in [4.78, 5) is 23.5. The molecule has 0 aliphatic carbocycles. The van der Waals surface area contributed by atoms with Gasteiger partial charge in [0.25, 0.3) is 5.91 Å². The third-order valence-electron chi connectivity index (χ3n) is 3.02. The van der Waals surface area contributed by atoms with E-state index in [1.165, 1.54) is 0 Å². The lowest BCUT2D eigenvalue weighted by atomic mass is 10.2. The number of aromatic nitrogens is 2. The number of carbonyl (C=O) groups is 2. The van der Waals surface area contributed by atoms with Crippen LogP contribution in [0.5, 0.6) is 0 Å². The fraction of sp³-hybridized carbons (Fsp3) is 0.357. The van der Waals surface area contributed by atoms with Crippen LogP contribution in [0.3, 0.4) is 0 Å². The molecule has 0 atom stereocenters. The van der Waals surface area contributed by atoms with E-state index in [1.54, 1.807) is 0 Å². The van der Waals surface area contributed by atoms with Gasteiger partial charge in [-0.15, -0.1) is 12.4 Å². The number of H-pyrrole nitrogens is 1. The summed E-state index contributed by atoms with van der Waals surface area (Å²) in [6.07, 6.45) is 0.248. The monoisotopic (exact) mass is 325 g/mol. The molecule has 1 aromatic carbocycles. The number of likely N-dealkylation sites (N-methyl/N-ethyl adjacent to an activating group) is 1. The van der Waals surface area contributed by atoms with Gasteiger partial charge in [-0.2, -0.15) is 5.10 Å². The molecule has 2 rings (SSSR count). The van der Waals surface area contributed by atoms with Crippen molar-refractivity contribution in [3.63, 3.8) is 0 Å². The first-order valence-electron chi connectivity index (χ1n) is 6.85. The third kappa shape index (κ3) is 4.71. The lowest BCUT2D eigenvalue weighted by Crippen LogP contribution is -2.34. The minimum atomic E-state index is -0.282. The van der Waals surface area contributed by atoms with Crippen LogP contribution in [-0.4, -0.2) is 48.7 Å². The fourth-order valence-electron chi connectivity index (χ4n) is 1.93. The molecular weight excluding hydrogens is 306 g/mol. The molecule has 0 fully saturated rings. The van der Waals surface area contributed by atoms with E-state index in [2.05, 4.69) is 26.1 Å². The highest BCUT2D eigenvalue weighted by atomic mass is 35.5. The van der Waals surface area contributed by atoms with Crippen molar-refractivity contribution in [3.8, 4) is 0 Å². The molecular formula is C14H20ClN5O2. The summed E-state index contributed by atoms with van der Waals surface area (Å²) in [5.41, 5.74) is 1.16. The fourth-order valence-corrected chi connectivity index (χ4v) is 1.93. The maximum atomic E-state index is 12.0. The number of fused-ring (bicyclic) bond motifs is 1. The average Bonchev–Trinajstić information content (AvgIpc) is 2.91. The quantitative estimate of drug-likeness (QED) is 0.555. The minimum absolute atomic E-state index is 0. The Labute approximate surface area is 134 Å². The maximum absolute atomic E-state index is 12.0. The van der Waals surface area contributed by atoms with Crippen LogP contribution in [0.25, 0.3) is 10.9 Å². The predicted octanol–water partition coefficient (Wildman–Crippen LogP) is 0.440. The van der Waals surface area contributed by atoms with Gasteiger partial charge < -0.3 is 16.0 Å². The second-order valence-corrected chi connectivity index (χ2v) is 4.58. The minimum Gasteiger partial charge on any atom is -0.355 e. The number of halogens is 1. The molecule has 0 saturated heterocycles. The van der Waals surface area contributed by atoms with Gasteiger partial charge in [0.2, 0.25) is 5.91 Å². The number of para-hydroxylation sites is 1. The second-order valence-electron chi connectivity index (χ2n) is 4.58. The lowest BCUT2D eigenvalue weighted by Gasteiger charge is -2.05. The van der Waals surface area contributed by atoms with Crippen LogP contribution in [0.4, 0.5) is 0 Å². The second kappa shape index (κ2) is 9.01. The number of nitrogens with zero attached hydrogens (tertiary/aromatic N) is 1. The number of carbonyl (C=O) groups excluding carboxylic acids is 2. The Morgan fingerprint density at radius 1 is 1.14 bits per heavy atom. The number of rotatable bonds is 7. The van der Waals surface area contributed by atoms with Gasteiger partial charge in [-0.05, 0) is 13.1 Å². The van der Waals surface area contributed by atoms with Crippen molar-refractivity contribution < 1.29 is 9.59 Å². The number of benzene rings is 1. The molecule has 1 aromatic heterocycles. The van der Waals surface area contributed by atoms with Crippen molar-refractivity contribution in [2.45, 2.75) is 6.42 Å². The molecule has 0 radical (unpaired) electrons.